The van der Waals surface area contributed by atoms with Gasteiger partial charge < -0.3 is 9.13 Å². The quantitative estimate of drug-likeness (QED) is 0.168. The summed E-state index contributed by atoms with van der Waals surface area (Å²) in [7, 11) is 0. The van der Waals surface area contributed by atoms with Crippen molar-refractivity contribution in [3.05, 3.63) is 173 Å². The number of halogens is 3. The minimum Gasteiger partial charge on any atom is -0.310 e. The Kier molecular flexibility index (Phi) is 7.44. The van der Waals surface area contributed by atoms with E-state index < -0.39 is 11.7 Å². The summed E-state index contributed by atoms with van der Waals surface area (Å²) in [6, 6.07) is 44.9. The summed E-state index contributed by atoms with van der Waals surface area (Å²) in [5.74, 6) is 0. The molecule has 9 aromatic rings. The van der Waals surface area contributed by atoms with Crippen molar-refractivity contribution in [2.45, 2.75) is 20.0 Å². The molecule has 0 atom stereocenters. The number of rotatable bonds is 4. The predicted octanol–water partition coefficient (Wildman–Crippen LogP) is 13.3. The van der Waals surface area contributed by atoms with E-state index in [1.165, 1.54) is 12.1 Å². The smallest absolute Gasteiger partial charge is 0.310 e. The average molecular weight is 707 g/mol. The Labute approximate surface area is 309 Å². The van der Waals surface area contributed by atoms with Crippen molar-refractivity contribution < 1.29 is 13.2 Å². The second-order valence-electron chi connectivity index (χ2n) is 13.6. The normalized spacial score (nSPS) is 11.8. The molecule has 54 heavy (non-hydrogen) atoms. The molecule has 0 fully saturated rings. The van der Waals surface area contributed by atoms with Crippen LogP contribution in [0.15, 0.2) is 140 Å². The summed E-state index contributed by atoms with van der Waals surface area (Å²) in [5.41, 5.74) is 7.46. The number of aromatic nitrogens is 2. The van der Waals surface area contributed by atoms with Crippen molar-refractivity contribution in [2.24, 2.45) is 0 Å². The number of alkyl halides is 3. The topological polar surface area (TPSA) is 38.0 Å². The highest BCUT2D eigenvalue weighted by molar-refractivity contribution is 6.13. The maximum Gasteiger partial charge on any atom is 0.417 e. The largest absolute Gasteiger partial charge is 0.417 e. The minimum absolute atomic E-state index is 0.0847. The zero-order chi connectivity index (χ0) is 37.3. The lowest BCUT2D eigenvalue weighted by Crippen LogP contribution is -2.09. The standard InChI is InChI=1S/C47H29F3N4/c1-28-18-22-41-35(24-28)32-10-4-6-14-39(32)53(41)43-16-8-12-34(31-21-20-30(27-51)26-37(31)47(48,49)50)45(43)46-38(52-3)13-9-17-44(46)54-40-15-7-5-11-33(40)36-25-29(2)19-23-42(36)54/h4-26H,1-2H3. The highest BCUT2D eigenvalue weighted by atomic mass is 19.4. The Hall–Kier alpha value is -7.09. The monoisotopic (exact) mass is 706 g/mol. The number of fused-ring (bicyclic) bond motifs is 6. The molecular weight excluding hydrogens is 678 g/mol. The first-order chi connectivity index (χ1) is 26.2. The van der Waals surface area contributed by atoms with Crippen molar-refractivity contribution in [2.75, 3.05) is 0 Å². The molecule has 258 valence electrons. The van der Waals surface area contributed by atoms with E-state index in [2.05, 4.69) is 44.3 Å². The lowest BCUT2D eigenvalue weighted by Gasteiger charge is -2.24. The Balaban J connectivity index is 1.50. The first kappa shape index (κ1) is 32.8. The number of aryl methyl sites for hydroxylation is 2. The Morgan fingerprint density at radius 1 is 0.556 bits per heavy atom. The summed E-state index contributed by atoms with van der Waals surface area (Å²) in [4.78, 5) is 4.05. The number of para-hydroxylation sites is 2. The number of benzene rings is 7. The lowest BCUT2D eigenvalue weighted by atomic mass is 9.88. The second kappa shape index (κ2) is 12.3. The zero-order valence-electron chi connectivity index (χ0n) is 29.2. The van der Waals surface area contributed by atoms with E-state index in [-0.39, 0.29) is 22.4 Å². The molecule has 0 saturated carbocycles. The van der Waals surface area contributed by atoms with Gasteiger partial charge in [0.25, 0.3) is 0 Å². The summed E-state index contributed by atoms with van der Waals surface area (Å²) in [5, 5.41) is 13.7. The highest BCUT2D eigenvalue weighted by Gasteiger charge is 2.35. The molecule has 0 saturated heterocycles. The molecule has 0 N–H and O–H groups in total. The molecular formula is C47H29F3N4. The van der Waals surface area contributed by atoms with Crippen molar-refractivity contribution in [1.82, 2.24) is 9.13 Å². The molecule has 0 bridgehead atoms. The summed E-state index contributed by atoms with van der Waals surface area (Å²) in [6.07, 6.45) is -4.77. The first-order valence-electron chi connectivity index (χ1n) is 17.4. The van der Waals surface area contributed by atoms with Gasteiger partial charge in [-0.15, -0.1) is 0 Å². The second-order valence-corrected chi connectivity index (χ2v) is 13.6. The van der Waals surface area contributed by atoms with E-state index >= 15 is 13.2 Å². The molecule has 0 aliphatic rings. The SMILES string of the molecule is [C-]#[N+]c1cccc(-n2c3ccccc3c3cc(C)ccc32)c1-c1c(-c2ccc(C#N)cc2C(F)(F)F)cccc1-n1c2ccccc2c2cc(C)ccc21. The van der Waals surface area contributed by atoms with Gasteiger partial charge in [0, 0.05) is 38.4 Å². The van der Waals surface area contributed by atoms with Crippen LogP contribution in [0.25, 0.3) is 82.1 Å². The molecule has 0 unspecified atom stereocenters. The van der Waals surface area contributed by atoms with Gasteiger partial charge in [0.05, 0.1) is 51.5 Å². The Morgan fingerprint density at radius 3 is 1.65 bits per heavy atom. The molecule has 9 rings (SSSR count). The summed E-state index contributed by atoms with van der Waals surface area (Å²) >= 11 is 0. The van der Waals surface area contributed by atoms with Crippen molar-refractivity contribution in [1.29, 1.82) is 5.26 Å². The minimum atomic E-state index is -4.77. The predicted molar refractivity (Wildman–Crippen MR) is 211 cm³/mol. The van der Waals surface area contributed by atoms with Gasteiger partial charge >= 0.3 is 6.18 Å². The zero-order valence-corrected chi connectivity index (χ0v) is 29.2. The van der Waals surface area contributed by atoms with Crippen LogP contribution in [0.1, 0.15) is 22.3 Å². The van der Waals surface area contributed by atoms with Crippen LogP contribution in [0.2, 0.25) is 0 Å². The fraction of sp³-hybridized carbons (Fsp3) is 0.0638. The molecule has 0 aliphatic heterocycles. The van der Waals surface area contributed by atoms with Gasteiger partial charge in [-0.05, 0) is 85.6 Å². The van der Waals surface area contributed by atoms with Crippen molar-refractivity contribution >= 4 is 49.3 Å². The van der Waals surface area contributed by atoms with Gasteiger partial charge in [0.15, 0.2) is 5.69 Å². The fourth-order valence-corrected chi connectivity index (χ4v) is 8.05. The molecule has 0 spiro atoms. The number of hydrogen-bond acceptors (Lipinski definition) is 1. The van der Waals surface area contributed by atoms with Crippen LogP contribution in [-0.4, -0.2) is 9.13 Å². The van der Waals surface area contributed by atoms with Crippen LogP contribution in [-0.2, 0) is 6.18 Å². The van der Waals surface area contributed by atoms with Crippen LogP contribution in [0, 0.1) is 31.8 Å². The van der Waals surface area contributed by atoms with Crippen molar-refractivity contribution in [3.8, 4) is 39.7 Å². The molecule has 0 aliphatic carbocycles. The number of hydrogen-bond donors (Lipinski definition) is 0. The Bertz CT molecular complexity index is 3090. The molecule has 0 amide bonds. The molecule has 0 radical (unpaired) electrons. The third kappa shape index (κ3) is 4.98. The molecule has 2 heterocycles. The number of nitriles is 1. The van der Waals surface area contributed by atoms with Gasteiger partial charge in [-0.1, -0.05) is 90.0 Å². The van der Waals surface area contributed by atoms with Gasteiger partial charge in [-0.3, -0.25) is 0 Å². The molecule has 7 heteroatoms. The van der Waals surface area contributed by atoms with Gasteiger partial charge in [-0.25, -0.2) is 4.85 Å². The van der Waals surface area contributed by atoms with Gasteiger partial charge in [-0.2, -0.15) is 18.4 Å². The maximum absolute atomic E-state index is 15.1. The van der Waals surface area contributed by atoms with E-state index in [1.54, 1.807) is 18.2 Å². The third-order valence-corrected chi connectivity index (χ3v) is 10.3. The van der Waals surface area contributed by atoms with E-state index in [1.807, 2.05) is 92.7 Å². The first-order valence-corrected chi connectivity index (χ1v) is 17.4. The average Bonchev–Trinajstić information content (AvgIpc) is 3.68. The highest BCUT2D eigenvalue weighted by Crippen LogP contribution is 2.50. The molecule has 7 aromatic carbocycles. The van der Waals surface area contributed by atoms with Crippen molar-refractivity contribution in [3.63, 3.8) is 0 Å². The Morgan fingerprint density at radius 2 is 1.09 bits per heavy atom. The van der Waals surface area contributed by atoms with Crippen LogP contribution in [0.5, 0.6) is 0 Å². The maximum atomic E-state index is 15.1. The molecule has 4 nitrogen and oxygen atoms in total. The third-order valence-electron chi connectivity index (χ3n) is 10.3. The summed E-state index contributed by atoms with van der Waals surface area (Å²) in [6.45, 7) is 12.6. The van der Waals surface area contributed by atoms with E-state index in [0.29, 0.717) is 22.5 Å². The van der Waals surface area contributed by atoms with Gasteiger partial charge in [0.1, 0.15) is 0 Å². The van der Waals surface area contributed by atoms with Crippen LogP contribution < -0.4 is 0 Å². The van der Waals surface area contributed by atoms with Gasteiger partial charge in [0.2, 0.25) is 0 Å². The van der Waals surface area contributed by atoms with Crippen LogP contribution in [0.3, 0.4) is 0 Å². The summed E-state index contributed by atoms with van der Waals surface area (Å²) < 4.78 is 49.4. The van der Waals surface area contributed by atoms with E-state index in [0.717, 1.165) is 60.8 Å². The van der Waals surface area contributed by atoms with Crippen LogP contribution >= 0.6 is 0 Å². The van der Waals surface area contributed by atoms with Crippen LogP contribution in [0.4, 0.5) is 18.9 Å². The van der Waals surface area contributed by atoms with E-state index in [4.69, 9.17) is 6.57 Å². The lowest BCUT2D eigenvalue weighted by molar-refractivity contribution is -0.137. The fourth-order valence-electron chi connectivity index (χ4n) is 8.05. The number of nitrogens with zero attached hydrogens (tertiary/aromatic N) is 4. The van der Waals surface area contributed by atoms with E-state index in [9.17, 15) is 5.26 Å². The molecule has 2 aromatic heterocycles.